The summed E-state index contributed by atoms with van der Waals surface area (Å²) in [6, 6.07) is 14.5. The molecule has 34 heavy (non-hydrogen) atoms. The molecule has 2 atom stereocenters. The number of rotatable bonds is 11. The normalized spacial score (nSPS) is 20.7. The fourth-order valence-corrected chi connectivity index (χ4v) is 5.15. The molecule has 5 nitrogen and oxygen atoms in total. The highest BCUT2D eigenvalue weighted by atomic mass is 16.5. The molecule has 2 aromatic carbocycles. The van der Waals surface area contributed by atoms with Crippen molar-refractivity contribution in [3.63, 3.8) is 0 Å². The van der Waals surface area contributed by atoms with Gasteiger partial charge in [-0.25, -0.2) is 0 Å². The van der Waals surface area contributed by atoms with Crippen LogP contribution in [0.3, 0.4) is 0 Å². The number of hydrogen-bond donors (Lipinski definition) is 1. The third kappa shape index (κ3) is 6.46. The highest BCUT2D eigenvalue weighted by Gasteiger charge is 2.30. The summed E-state index contributed by atoms with van der Waals surface area (Å²) < 4.78 is 17.8. The second-order valence-electron chi connectivity index (χ2n) is 9.72. The van der Waals surface area contributed by atoms with Gasteiger partial charge < -0.3 is 19.5 Å². The molecule has 1 saturated carbocycles. The van der Waals surface area contributed by atoms with Crippen LogP contribution in [0.25, 0.3) is 0 Å². The molecule has 0 bridgehead atoms. The van der Waals surface area contributed by atoms with Crippen LogP contribution in [-0.2, 0) is 11.2 Å². The number of piperidine rings is 1. The number of carbonyl (C=O) groups is 1. The van der Waals surface area contributed by atoms with Gasteiger partial charge in [-0.3, -0.25) is 4.79 Å². The van der Waals surface area contributed by atoms with Gasteiger partial charge in [-0.2, -0.15) is 0 Å². The number of nitrogens with one attached hydrogen (secondary N) is 1. The van der Waals surface area contributed by atoms with Crippen LogP contribution in [0.4, 0.5) is 0 Å². The third-order valence-corrected chi connectivity index (χ3v) is 7.11. The molecule has 1 saturated heterocycles. The van der Waals surface area contributed by atoms with Gasteiger partial charge in [-0.15, -0.1) is 0 Å². The number of unbranched alkanes of at least 4 members (excludes halogenated alkanes) is 2. The van der Waals surface area contributed by atoms with Crippen LogP contribution in [0, 0.1) is 5.92 Å². The summed E-state index contributed by atoms with van der Waals surface area (Å²) in [6.07, 6.45) is 9.93. The van der Waals surface area contributed by atoms with Gasteiger partial charge in [0, 0.05) is 18.4 Å². The maximum Gasteiger partial charge on any atom is 0.223 e. The molecule has 2 aliphatic rings. The zero-order valence-electron chi connectivity index (χ0n) is 20.7. The van der Waals surface area contributed by atoms with Crippen LogP contribution in [0.5, 0.6) is 17.2 Å². The van der Waals surface area contributed by atoms with Crippen molar-refractivity contribution in [1.82, 2.24) is 5.32 Å². The minimum atomic E-state index is -0.0598. The van der Waals surface area contributed by atoms with Gasteiger partial charge in [-0.1, -0.05) is 38.0 Å². The molecule has 2 aromatic rings. The minimum Gasteiger partial charge on any atom is -0.494 e. The zero-order valence-corrected chi connectivity index (χ0v) is 20.7. The quantitative estimate of drug-likeness (QED) is 0.411. The highest BCUT2D eigenvalue weighted by molar-refractivity contribution is 5.80. The molecule has 1 aliphatic carbocycles. The molecular weight excluding hydrogens is 426 g/mol. The first-order valence-corrected chi connectivity index (χ1v) is 13.0. The molecule has 4 rings (SSSR count). The van der Waals surface area contributed by atoms with Crippen LogP contribution in [0.2, 0.25) is 0 Å². The van der Waals surface area contributed by atoms with E-state index in [4.69, 9.17) is 14.2 Å². The van der Waals surface area contributed by atoms with Gasteiger partial charge in [0.2, 0.25) is 5.91 Å². The Morgan fingerprint density at radius 1 is 1.03 bits per heavy atom. The second kappa shape index (κ2) is 12.1. The molecule has 1 N–H and O–H groups in total. The number of ether oxygens (including phenoxy) is 3. The Balaban J connectivity index is 1.41. The molecule has 184 valence electrons. The van der Waals surface area contributed by atoms with Gasteiger partial charge >= 0.3 is 0 Å². The first-order valence-electron chi connectivity index (χ1n) is 13.0. The first-order chi connectivity index (χ1) is 16.7. The summed E-state index contributed by atoms with van der Waals surface area (Å²) in [5.41, 5.74) is 2.35. The van der Waals surface area contributed by atoms with Crippen LogP contribution in [0.1, 0.15) is 75.3 Å². The maximum absolute atomic E-state index is 12.7. The molecule has 5 heteroatoms. The average Bonchev–Trinajstić information content (AvgIpc) is 3.37. The number of benzene rings is 2. The van der Waals surface area contributed by atoms with Crippen molar-refractivity contribution in [2.75, 3.05) is 20.3 Å². The van der Waals surface area contributed by atoms with Crippen molar-refractivity contribution < 1.29 is 19.0 Å². The zero-order chi connectivity index (χ0) is 23.8. The Labute approximate surface area is 204 Å². The molecule has 1 heterocycles. The Bertz CT molecular complexity index is 937. The van der Waals surface area contributed by atoms with Gasteiger partial charge in [0.15, 0.2) is 11.5 Å². The van der Waals surface area contributed by atoms with E-state index >= 15 is 0 Å². The van der Waals surface area contributed by atoms with Crippen molar-refractivity contribution >= 4 is 5.91 Å². The van der Waals surface area contributed by atoms with E-state index in [0.717, 1.165) is 61.5 Å². The monoisotopic (exact) mass is 465 g/mol. The lowest BCUT2D eigenvalue weighted by molar-refractivity contribution is -0.126. The number of hydrogen-bond acceptors (Lipinski definition) is 4. The topological polar surface area (TPSA) is 56.8 Å². The van der Waals surface area contributed by atoms with Gasteiger partial charge in [-0.05, 0) is 80.3 Å². The smallest absolute Gasteiger partial charge is 0.223 e. The van der Waals surface area contributed by atoms with Crippen LogP contribution in [-0.4, -0.2) is 32.3 Å². The lowest BCUT2D eigenvalue weighted by Crippen LogP contribution is -2.41. The summed E-state index contributed by atoms with van der Waals surface area (Å²) in [6.45, 7) is 3.59. The summed E-state index contributed by atoms with van der Waals surface area (Å²) >= 11 is 0. The van der Waals surface area contributed by atoms with Crippen LogP contribution >= 0.6 is 0 Å². The fourth-order valence-electron chi connectivity index (χ4n) is 5.15. The van der Waals surface area contributed by atoms with Gasteiger partial charge in [0.05, 0.1) is 19.8 Å². The minimum absolute atomic E-state index is 0.0598. The average molecular weight is 466 g/mol. The molecule has 0 spiro atoms. The SMILES string of the molecule is CCCCCOc1cccc(CC2CC(c3ccc(OC)c(OC4CCCC4)c3)CNC2=O)c1. The molecule has 0 radical (unpaired) electrons. The van der Waals surface area contributed by atoms with Crippen molar-refractivity contribution in [3.8, 4) is 17.2 Å². The lowest BCUT2D eigenvalue weighted by Gasteiger charge is -2.30. The summed E-state index contributed by atoms with van der Waals surface area (Å²) in [4.78, 5) is 12.7. The van der Waals surface area contributed by atoms with E-state index in [-0.39, 0.29) is 23.8 Å². The molecule has 2 fully saturated rings. The molecular formula is C29H39NO4. The summed E-state index contributed by atoms with van der Waals surface area (Å²) in [5.74, 6) is 2.84. The summed E-state index contributed by atoms with van der Waals surface area (Å²) in [5, 5.41) is 3.14. The molecule has 1 amide bonds. The predicted octanol–water partition coefficient (Wildman–Crippen LogP) is 6.05. The highest BCUT2D eigenvalue weighted by Crippen LogP contribution is 2.37. The van der Waals surface area contributed by atoms with Gasteiger partial charge in [0.1, 0.15) is 5.75 Å². The number of methoxy groups -OCH3 is 1. The van der Waals surface area contributed by atoms with E-state index in [2.05, 4.69) is 36.5 Å². The number of amides is 1. The van der Waals surface area contributed by atoms with Crippen molar-refractivity contribution in [2.24, 2.45) is 5.92 Å². The molecule has 2 unspecified atom stereocenters. The maximum atomic E-state index is 12.7. The van der Waals surface area contributed by atoms with Crippen molar-refractivity contribution in [3.05, 3.63) is 53.6 Å². The number of carbonyl (C=O) groups excluding carboxylic acids is 1. The summed E-state index contributed by atoms with van der Waals surface area (Å²) in [7, 11) is 1.69. The lowest BCUT2D eigenvalue weighted by atomic mass is 9.82. The second-order valence-corrected chi connectivity index (χ2v) is 9.72. The fraction of sp³-hybridized carbons (Fsp3) is 0.552. The Hall–Kier alpha value is -2.69. The van der Waals surface area contributed by atoms with Crippen LogP contribution in [0.15, 0.2) is 42.5 Å². The van der Waals surface area contributed by atoms with E-state index in [1.54, 1.807) is 7.11 Å². The third-order valence-electron chi connectivity index (χ3n) is 7.11. The van der Waals surface area contributed by atoms with E-state index in [1.165, 1.54) is 31.2 Å². The molecule has 0 aromatic heterocycles. The predicted molar refractivity (Wildman–Crippen MR) is 135 cm³/mol. The Kier molecular flexibility index (Phi) is 8.73. The standard InChI is InChI=1S/C29H39NO4/c1-3-4-7-15-33-26-12-8-9-21(17-26)16-23-18-24(20-30-29(23)31)22-13-14-27(32-2)28(19-22)34-25-10-5-6-11-25/h8-9,12-14,17,19,23-25H,3-7,10-11,15-16,18,20H2,1-2H3,(H,30,31). The van der Waals surface area contributed by atoms with E-state index in [0.29, 0.717) is 6.54 Å². The van der Waals surface area contributed by atoms with E-state index in [1.807, 2.05) is 18.2 Å². The van der Waals surface area contributed by atoms with Crippen molar-refractivity contribution in [1.29, 1.82) is 0 Å². The van der Waals surface area contributed by atoms with Crippen molar-refractivity contribution in [2.45, 2.75) is 76.7 Å². The first kappa shape index (κ1) is 24.4. The van der Waals surface area contributed by atoms with Gasteiger partial charge in [0.25, 0.3) is 0 Å². The largest absolute Gasteiger partial charge is 0.494 e. The van der Waals surface area contributed by atoms with E-state index < -0.39 is 0 Å². The Morgan fingerprint density at radius 3 is 2.68 bits per heavy atom. The molecule has 1 aliphatic heterocycles. The van der Waals surface area contributed by atoms with Crippen LogP contribution < -0.4 is 19.5 Å². The Morgan fingerprint density at radius 2 is 1.88 bits per heavy atom. The van der Waals surface area contributed by atoms with E-state index in [9.17, 15) is 4.79 Å².